The van der Waals surface area contributed by atoms with Crippen LogP contribution in [-0.4, -0.2) is 75.6 Å². The van der Waals surface area contributed by atoms with Crippen molar-refractivity contribution in [1.29, 1.82) is 0 Å². The van der Waals surface area contributed by atoms with Gasteiger partial charge in [0, 0.05) is 52.2 Å². The van der Waals surface area contributed by atoms with Gasteiger partial charge in [0.15, 0.2) is 0 Å². The van der Waals surface area contributed by atoms with Crippen molar-refractivity contribution >= 4 is 11.6 Å². The van der Waals surface area contributed by atoms with Gasteiger partial charge in [-0.2, -0.15) is 0 Å². The highest BCUT2D eigenvalue weighted by atomic mass is 19.1. The highest BCUT2D eigenvalue weighted by molar-refractivity contribution is 5.76. The van der Waals surface area contributed by atoms with Gasteiger partial charge in [-0.3, -0.25) is 9.69 Å². The van der Waals surface area contributed by atoms with E-state index in [9.17, 15) is 9.18 Å². The topological polar surface area (TPSA) is 38.8 Å². The third-order valence-electron chi connectivity index (χ3n) is 4.10. The molecule has 2 rings (SSSR count). The Bertz CT molecular complexity index is 501. The molecule has 1 N–H and O–H groups in total. The van der Waals surface area contributed by atoms with Gasteiger partial charge in [-0.1, -0.05) is 12.1 Å². The van der Waals surface area contributed by atoms with E-state index in [0.29, 0.717) is 18.7 Å². The van der Waals surface area contributed by atoms with Gasteiger partial charge in [0.25, 0.3) is 0 Å². The minimum atomic E-state index is -0.166. The summed E-state index contributed by atoms with van der Waals surface area (Å²) < 4.78 is 13.8. The molecule has 5 nitrogen and oxygen atoms in total. The van der Waals surface area contributed by atoms with Crippen LogP contribution in [0, 0.1) is 5.82 Å². The third-order valence-corrected chi connectivity index (χ3v) is 4.10. The molecule has 0 saturated carbocycles. The zero-order chi connectivity index (χ0) is 16.7. The molecule has 0 radical (unpaired) electrons. The van der Waals surface area contributed by atoms with E-state index in [4.69, 9.17) is 0 Å². The van der Waals surface area contributed by atoms with Crippen LogP contribution in [0.25, 0.3) is 0 Å². The summed E-state index contributed by atoms with van der Waals surface area (Å²) in [6.07, 6.45) is 0.521. The maximum absolute atomic E-state index is 13.8. The molecule has 0 bridgehead atoms. The molecule has 0 aliphatic carbocycles. The maximum atomic E-state index is 13.8. The first-order chi connectivity index (χ1) is 11.1. The number of carbonyl (C=O) groups excluding carboxylic acids is 1. The number of nitrogens with zero attached hydrogens (tertiary/aromatic N) is 3. The Morgan fingerprint density at radius 1 is 1.22 bits per heavy atom. The summed E-state index contributed by atoms with van der Waals surface area (Å²) in [7, 11) is 3.97. The number of halogens is 1. The minimum absolute atomic E-state index is 0.100. The first kappa shape index (κ1) is 17.7. The Morgan fingerprint density at radius 2 is 1.91 bits per heavy atom. The molecule has 1 aliphatic heterocycles. The Hall–Kier alpha value is -1.66. The number of carbonyl (C=O) groups is 1. The molecule has 1 aromatic carbocycles. The van der Waals surface area contributed by atoms with E-state index in [1.807, 2.05) is 31.1 Å². The van der Waals surface area contributed by atoms with E-state index >= 15 is 0 Å². The second-order valence-electron chi connectivity index (χ2n) is 6.18. The fourth-order valence-corrected chi connectivity index (χ4v) is 2.69. The lowest BCUT2D eigenvalue weighted by Gasteiger charge is -2.36. The summed E-state index contributed by atoms with van der Waals surface area (Å²) in [6, 6.07) is 6.90. The number of para-hydroxylation sites is 1. The Labute approximate surface area is 138 Å². The van der Waals surface area contributed by atoms with Crippen LogP contribution >= 0.6 is 0 Å². The van der Waals surface area contributed by atoms with Gasteiger partial charge in [0.2, 0.25) is 5.91 Å². The van der Waals surface area contributed by atoms with Crippen LogP contribution in [-0.2, 0) is 4.79 Å². The molecule has 1 aliphatic rings. The van der Waals surface area contributed by atoms with Crippen LogP contribution in [0.15, 0.2) is 24.3 Å². The van der Waals surface area contributed by atoms with E-state index in [1.165, 1.54) is 6.07 Å². The average molecular weight is 322 g/mol. The standard InChI is InChI=1S/C17H27FN4O/c1-20(2)10-8-19-17(23)7-9-21-11-13-22(14-12-21)16-6-4-3-5-15(16)18/h3-6H,7-14H2,1-2H3,(H,19,23). The second-order valence-corrected chi connectivity index (χ2v) is 6.18. The van der Waals surface area contributed by atoms with Crippen LogP contribution < -0.4 is 10.2 Å². The van der Waals surface area contributed by atoms with Gasteiger partial charge >= 0.3 is 0 Å². The molecule has 23 heavy (non-hydrogen) atoms. The number of hydrogen-bond donors (Lipinski definition) is 1. The maximum Gasteiger partial charge on any atom is 0.221 e. The van der Waals surface area contributed by atoms with Crippen LogP contribution in [0.1, 0.15) is 6.42 Å². The van der Waals surface area contributed by atoms with Gasteiger partial charge in [0.05, 0.1) is 5.69 Å². The quantitative estimate of drug-likeness (QED) is 0.813. The average Bonchev–Trinajstić information content (AvgIpc) is 2.54. The fourth-order valence-electron chi connectivity index (χ4n) is 2.69. The third kappa shape index (κ3) is 5.80. The summed E-state index contributed by atoms with van der Waals surface area (Å²) in [5.74, 6) is -0.0652. The minimum Gasteiger partial charge on any atom is -0.367 e. The van der Waals surface area contributed by atoms with Crippen molar-refractivity contribution in [2.24, 2.45) is 0 Å². The molecule has 0 aromatic heterocycles. The largest absolute Gasteiger partial charge is 0.367 e. The number of piperazine rings is 1. The summed E-state index contributed by atoms with van der Waals surface area (Å²) in [6.45, 7) is 5.61. The van der Waals surface area contributed by atoms with E-state index in [0.717, 1.165) is 39.3 Å². The molecule has 1 fully saturated rings. The fraction of sp³-hybridized carbons (Fsp3) is 0.588. The normalized spacial score (nSPS) is 15.9. The van der Waals surface area contributed by atoms with E-state index in [1.54, 1.807) is 6.07 Å². The van der Waals surface area contributed by atoms with Crippen molar-refractivity contribution in [3.05, 3.63) is 30.1 Å². The number of hydrogen-bond acceptors (Lipinski definition) is 4. The highest BCUT2D eigenvalue weighted by Gasteiger charge is 2.19. The molecule has 0 spiro atoms. The first-order valence-corrected chi connectivity index (χ1v) is 8.19. The van der Waals surface area contributed by atoms with E-state index < -0.39 is 0 Å². The van der Waals surface area contributed by atoms with E-state index in [2.05, 4.69) is 15.1 Å². The number of benzene rings is 1. The zero-order valence-corrected chi connectivity index (χ0v) is 14.1. The molecule has 1 amide bonds. The number of rotatable bonds is 7. The SMILES string of the molecule is CN(C)CCNC(=O)CCN1CCN(c2ccccc2F)CC1. The number of anilines is 1. The Balaban J connectivity index is 1.67. The molecule has 1 saturated heterocycles. The summed E-state index contributed by atoms with van der Waals surface area (Å²) in [4.78, 5) is 18.2. The van der Waals surface area contributed by atoms with Gasteiger partial charge in [-0.25, -0.2) is 4.39 Å². The highest BCUT2D eigenvalue weighted by Crippen LogP contribution is 2.20. The lowest BCUT2D eigenvalue weighted by Crippen LogP contribution is -2.47. The van der Waals surface area contributed by atoms with Crippen molar-refractivity contribution < 1.29 is 9.18 Å². The summed E-state index contributed by atoms with van der Waals surface area (Å²) in [5, 5.41) is 2.93. The second kappa shape index (κ2) is 8.84. The van der Waals surface area contributed by atoms with Crippen molar-refractivity contribution in [3.8, 4) is 0 Å². The Kier molecular flexibility index (Phi) is 6.80. The molecule has 6 heteroatoms. The number of likely N-dealkylation sites (N-methyl/N-ethyl adjacent to an activating group) is 1. The van der Waals surface area contributed by atoms with Crippen molar-refractivity contribution in [3.63, 3.8) is 0 Å². The van der Waals surface area contributed by atoms with Crippen LogP contribution in [0.5, 0.6) is 0 Å². The lowest BCUT2D eigenvalue weighted by atomic mass is 10.2. The summed E-state index contributed by atoms with van der Waals surface area (Å²) >= 11 is 0. The van der Waals surface area contributed by atoms with Gasteiger partial charge in [0.1, 0.15) is 5.82 Å². The van der Waals surface area contributed by atoms with Gasteiger partial charge < -0.3 is 15.1 Å². The monoisotopic (exact) mass is 322 g/mol. The molecular weight excluding hydrogens is 295 g/mol. The lowest BCUT2D eigenvalue weighted by molar-refractivity contribution is -0.121. The zero-order valence-electron chi connectivity index (χ0n) is 14.1. The van der Waals surface area contributed by atoms with Crippen LogP contribution in [0.4, 0.5) is 10.1 Å². The van der Waals surface area contributed by atoms with Crippen molar-refractivity contribution in [2.75, 3.05) is 64.8 Å². The van der Waals surface area contributed by atoms with Gasteiger partial charge in [-0.15, -0.1) is 0 Å². The summed E-state index contributed by atoms with van der Waals surface area (Å²) in [5.41, 5.74) is 0.675. The van der Waals surface area contributed by atoms with Crippen molar-refractivity contribution in [2.45, 2.75) is 6.42 Å². The van der Waals surface area contributed by atoms with Crippen molar-refractivity contribution in [1.82, 2.24) is 15.1 Å². The molecule has 0 atom stereocenters. The predicted molar refractivity (Wildman–Crippen MR) is 91.2 cm³/mol. The molecule has 1 heterocycles. The number of amides is 1. The predicted octanol–water partition coefficient (Wildman–Crippen LogP) is 1.02. The van der Waals surface area contributed by atoms with Crippen LogP contribution in [0.2, 0.25) is 0 Å². The smallest absolute Gasteiger partial charge is 0.221 e. The molecular formula is C17H27FN4O. The number of nitrogens with one attached hydrogen (secondary N) is 1. The molecule has 1 aromatic rings. The van der Waals surface area contributed by atoms with Gasteiger partial charge in [-0.05, 0) is 26.2 Å². The first-order valence-electron chi connectivity index (χ1n) is 8.19. The molecule has 0 unspecified atom stereocenters. The Morgan fingerprint density at radius 3 is 2.57 bits per heavy atom. The van der Waals surface area contributed by atoms with E-state index in [-0.39, 0.29) is 11.7 Å². The van der Waals surface area contributed by atoms with Crippen LogP contribution in [0.3, 0.4) is 0 Å². The molecule has 128 valence electrons.